The van der Waals surface area contributed by atoms with Gasteiger partial charge in [-0.3, -0.25) is 0 Å². The van der Waals surface area contributed by atoms with Crippen molar-refractivity contribution in [1.29, 1.82) is 0 Å². The molecule has 3 rings (SSSR count). The second-order valence-corrected chi connectivity index (χ2v) is 6.14. The van der Waals surface area contributed by atoms with Crippen LogP contribution in [0.25, 0.3) is 10.8 Å². The fourth-order valence-corrected chi connectivity index (χ4v) is 3.05. The first-order chi connectivity index (χ1) is 10.5. The van der Waals surface area contributed by atoms with Gasteiger partial charge in [-0.1, -0.05) is 30.3 Å². The van der Waals surface area contributed by atoms with E-state index in [1.54, 1.807) is 18.2 Å². The van der Waals surface area contributed by atoms with Gasteiger partial charge in [0.15, 0.2) is 0 Å². The Morgan fingerprint density at radius 2 is 1.55 bits per heavy atom. The van der Waals surface area contributed by atoms with E-state index in [9.17, 15) is 17.2 Å². The van der Waals surface area contributed by atoms with Gasteiger partial charge < -0.3 is 4.18 Å². The maximum Gasteiger partial charge on any atom is 0.342 e. The summed E-state index contributed by atoms with van der Waals surface area (Å²) in [6, 6.07) is 14.2. The van der Waals surface area contributed by atoms with Crippen molar-refractivity contribution in [2.75, 3.05) is 0 Å². The summed E-state index contributed by atoms with van der Waals surface area (Å²) in [5, 5.41) is 1.70. The van der Waals surface area contributed by atoms with Crippen molar-refractivity contribution in [3.63, 3.8) is 0 Å². The molecule has 0 N–H and O–H groups in total. The molecule has 0 fully saturated rings. The molecule has 3 aromatic rings. The molecule has 0 aliphatic heterocycles. The number of halogens is 2. The van der Waals surface area contributed by atoms with Crippen molar-refractivity contribution < 1.29 is 21.4 Å². The third-order valence-corrected chi connectivity index (χ3v) is 4.37. The summed E-state index contributed by atoms with van der Waals surface area (Å²) in [6.45, 7) is 0. The maximum absolute atomic E-state index is 13.6. The Balaban J connectivity index is 1.99. The number of benzene rings is 3. The van der Waals surface area contributed by atoms with Gasteiger partial charge in [0.2, 0.25) is 0 Å². The molecular weight excluding hydrogens is 310 g/mol. The summed E-state index contributed by atoms with van der Waals surface area (Å²) < 4.78 is 55.6. The summed E-state index contributed by atoms with van der Waals surface area (Å²) in [7, 11) is -4.37. The molecule has 0 unspecified atom stereocenters. The zero-order valence-corrected chi connectivity index (χ0v) is 12.0. The maximum atomic E-state index is 13.6. The molecule has 0 spiro atoms. The minimum Gasteiger partial charge on any atom is -0.379 e. The average Bonchev–Trinajstić information content (AvgIpc) is 2.46. The van der Waals surface area contributed by atoms with Crippen molar-refractivity contribution in [2.24, 2.45) is 0 Å². The average molecular weight is 320 g/mol. The lowest BCUT2D eigenvalue weighted by molar-refractivity contribution is 0.475. The van der Waals surface area contributed by atoms with Gasteiger partial charge in [0.05, 0.1) is 0 Å². The van der Waals surface area contributed by atoms with Gasteiger partial charge in [0.1, 0.15) is 22.3 Å². The minimum atomic E-state index is -4.37. The Morgan fingerprint density at radius 3 is 2.27 bits per heavy atom. The van der Waals surface area contributed by atoms with Crippen LogP contribution in [0.15, 0.2) is 65.6 Å². The molecule has 0 atom stereocenters. The van der Waals surface area contributed by atoms with E-state index in [-0.39, 0.29) is 5.75 Å². The zero-order chi connectivity index (χ0) is 15.7. The first kappa shape index (κ1) is 14.5. The van der Waals surface area contributed by atoms with E-state index in [1.165, 1.54) is 12.1 Å². The van der Waals surface area contributed by atoms with Crippen LogP contribution in [0.2, 0.25) is 0 Å². The van der Waals surface area contributed by atoms with Gasteiger partial charge in [-0.15, -0.1) is 0 Å². The van der Waals surface area contributed by atoms with E-state index >= 15 is 0 Å². The largest absolute Gasteiger partial charge is 0.379 e. The van der Waals surface area contributed by atoms with Crippen LogP contribution in [0.3, 0.4) is 0 Å². The van der Waals surface area contributed by atoms with Crippen LogP contribution in [-0.2, 0) is 10.1 Å². The van der Waals surface area contributed by atoms with Crippen molar-refractivity contribution in [1.82, 2.24) is 0 Å². The topological polar surface area (TPSA) is 43.4 Å². The monoisotopic (exact) mass is 320 g/mol. The molecule has 0 radical (unpaired) electrons. The lowest BCUT2D eigenvalue weighted by atomic mass is 10.1. The van der Waals surface area contributed by atoms with Crippen molar-refractivity contribution in [3.8, 4) is 5.75 Å². The fourth-order valence-electron chi connectivity index (χ4n) is 2.07. The highest BCUT2D eigenvalue weighted by Crippen LogP contribution is 2.25. The molecule has 0 amide bonds. The minimum absolute atomic E-state index is 0.0578. The van der Waals surface area contributed by atoms with Gasteiger partial charge in [-0.05, 0) is 35.0 Å². The second kappa shape index (κ2) is 5.38. The summed E-state index contributed by atoms with van der Waals surface area (Å²) in [4.78, 5) is -0.706. The summed E-state index contributed by atoms with van der Waals surface area (Å²) >= 11 is 0. The predicted molar refractivity (Wildman–Crippen MR) is 78.1 cm³/mol. The smallest absolute Gasteiger partial charge is 0.342 e. The Morgan fingerprint density at radius 1 is 0.818 bits per heavy atom. The van der Waals surface area contributed by atoms with Crippen LogP contribution in [-0.4, -0.2) is 8.42 Å². The fraction of sp³-hybridized carbons (Fsp3) is 0. The highest BCUT2D eigenvalue weighted by Gasteiger charge is 2.22. The van der Waals surface area contributed by atoms with Gasteiger partial charge in [0, 0.05) is 6.07 Å². The van der Waals surface area contributed by atoms with Gasteiger partial charge in [-0.2, -0.15) is 8.42 Å². The first-order valence-electron chi connectivity index (χ1n) is 6.34. The zero-order valence-electron chi connectivity index (χ0n) is 11.2. The van der Waals surface area contributed by atoms with E-state index < -0.39 is 26.6 Å². The molecule has 0 bridgehead atoms. The summed E-state index contributed by atoms with van der Waals surface area (Å²) in [6.07, 6.45) is 0. The molecule has 0 heterocycles. The van der Waals surface area contributed by atoms with Crippen LogP contribution in [0, 0.1) is 11.6 Å². The first-order valence-corrected chi connectivity index (χ1v) is 7.75. The highest BCUT2D eigenvalue weighted by molar-refractivity contribution is 7.87. The third-order valence-electron chi connectivity index (χ3n) is 3.09. The molecule has 0 saturated heterocycles. The van der Waals surface area contributed by atoms with Crippen LogP contribution < -0.4 is 4.18 Å². The van der Waals surface area contributed by atoms with E-state index in [4.69, 9.17) is 4.18 Å². The molecule has 0 aliphatic carbocycles. The van der Waals surface area contributed by atoms with Gasteiger partial charge >= 0.3 is 10.1 Å². The third kappa shape index (κ3) is 2.78. The molecule has 112 valence electrons. The summed E-state index contributed by atoms with van der Waals surface area (Å²) in [5.41, 5.74) is 0. The second-order valence-electron chi connectivity index (χ2n) is 4.62. The van der Waals surface area contributed by atoms with E-state index in [0.29, 0.717) is 6.07 Å². The quantitative estimate of drug-likeness (QED) is 0.688. The number of fused-ring (bicyclic) bond motifs is 1. The Labute approximate surface area is 125 Å². The van der Waals surface area contributed by atoms with Crippen LogP contribution in [0.5, 0.6) is 5.75 Å². The molecule has 0 aromatic heterocycles. The molecule has 0 saturated carbocycles. The van der Waals surface area contributed by atoms with Crippen LogP contribution >= 0.6 is 0 Å². The van der Waals surface area contributed by atoms with Crippen molar-refractivity contribution in [2.45, 2.75) is 4.90 Å². The van der Waals surface area contributed by atoms with Crippen molar-refractivity contribution >= 4 is 20.9 Å². The highest BCUT2D eigenvalue weighted by atomic mass is 32.2. The number of hydrogen-bond donors (Lipinski definition) is 0. The lowest BCUT2D eigenvalue weighted by Gasteiger charge is -2.08. The molecule has 3 aromatic carbocycles. The van der Waals surface area contributed by atoms with E-state index in [1.807, 2.05) is 12.1 Å². The normalized spacial score (nSPS) is 11.5. The Kier molecular flexibility index (Phi) is 3.54. The molecule has 22 heavy (non-hydrogen) atoms. The standard InChI is InChI=1S/C16H10F2O3S/c17-13-6-8-16(15(18)10-13)22(19,20)21-14-7-5-11-3-1-2-4-12(11)9-14/h1-10H. The van der Waals surface area contributed by atoms with Gasteiger partial charge in [0.25, 0.3) is 0 Å². The van der Waals surface area contributed by atoms with Crippen LogP contribution in [0.1, 0.15) is 0 Å². The lowest BCUT2D eigenvalue weighted by Crippen LogP contribution is -2.11. The van der Waals surface area contributed by atoms with E-state index in [2.05, 4.69) is 0 Å². The van der Waals surface area contributed by atoms with Gasteiger partial charge in [-0.25, -0.2) is 8.78 Å². The molecular formula is C16H10F2O3S. The van der Waals surface area contributed by atoms with Crippen molar-refractivity contribution in [3.05, 3.63) is 72.3 Å². The number of rotatable bonds is 3. The SMILES string of the molecule is O=S(=O)(Oc1ccc2ccccc2c1)c1ccc(F)cc1F. The number of hydrogen-bond acceptors (Lipinski definition) is 3. The molecule has 3 nitrogen and oxygen atoms in total. The Bertz CT molecular complexity index is 953. The Hall–Kier alpha value is -2.47. The summed E-state index contributed by atoms with van der Waals surface area (Å²) in [5.74, 6) is -2.00. The molecule has 6 heteroatoms. The van der Waals surface area contributed by atoms with E-state index in [0.717, 1.165) is 22.9 Å². The predicted octanol–water partition coefficient (Wildman–Crippen LogP) is 3.89. The molecule has 0 aliphatic rings. The van der Waals surface area contributed by atoms with Crippen LogP contribution in [0.4, 0.5) is 8.78 Å².